The number of hydrogen-bond donors (Lipinski definition) is 2. The fraction of sp³-hybridized carbons (Fsp3) is 0.429. The molecule has 2 atom stereocenters. The number of ether oxygens (including phenoxy) is 2. The topological polar surface area (TPSA) is 50.7 Å². The lowest BCUT2D eigenvalue weighted by atomic mass is 10.1. The van der Waals surface area contributed by atoms with E-state index in [-0.39, 0.29) is 6.04 Å². The van der Waals surface area contributed by atoms with Gasteiger partial charge in [-0.3, -0.25) is 0 Å². The van der Waals surface area contributed by atoms with Crippen LogP contribution in [0.1, 0.15) is 18.6 Å². The summed E-state index contributed by atoms with van der Waals surface area (Å²) in [6.07, 6.45) is 4.64. The van der Waals surface area contributed by atoms with Crippen molar-refractivity contribution < 1.29 is 14.6 Å². The lowest BCUT2D eigenvalue weighted by Crippen LogP contribution is -2.29. The Labute approximate surface area is 107 Å². The Bertz CT molecular complexity index is 453. The van der Waals surface area contributed by atoms with Gasteiger partial charge in [0, 0.05) is 6.54 Å². The van der Waals surface area contributed by atoms with Crippen LogP contribution in [0.3, 0.4) is 0 Å². The molecule has 1 aliphatic heterocycles. The van der Waals surface area contributed by atoms with Crippen LogP contribution >= 0.6 is 0 Å². The van der Waals surface area contributed by atoms with Gasteiger partial charge in [-0.05, 0) is 24.6 Å². The zero-order valence-electron chi connectivity index (χ0n) is 10.3. The summed E-state index contributed by atoms with van der Waals surface area (Å²) < 4.78 is 10.9. The van der Waals surface area contributed by atoms with E-state index in [9.17, 15) is 5.11 Å². The van der Waals surface area contributed by atoms with E-state index in [2.05, 4.69) is 11.2 Å². The van der Waals surface area contributed by atoms with Crippen molar-refractivity contribution in [2.24, 2.45) is 0 Å². The fourth-order valence-corrected chi connectivity index (χ4v) is 1.73. The summed E-state index contributed by atoms with van der Waals surface area (Å²) in [5.41, 5.74) is 0.788. The first-order valence-electron chi connectivity index (χ1n) is 5.98. The molecule has 2 rings (SSSR count). The van der Waals surface area contributed by atoms with Crippen LogP contribution in [0, 0.1) is 12.3 Å². The van der Waals surface area contributed by atoms with E-state index in [0.717, 1.165) is 11.3 Å². The van der Waals surface area contributed by atoms with E-state index in [0.29, 0.717) is 25.5 Å². The van der Waals surface area contributed by atoms with Crippen LogP contribution in [0.5, 0.6) is 11.5 Å². The number of terminal acetylenes is 1. The van der Waals surface area contributed by atoms with Gasteiger partial charge in [0.2, 0.25) is 0 Å². The summed E-state index contributed by atoms with van der Waals surface area (Å²) >= 11 is 0. The first-order valence-corrected chi connectivity index (χ1v) is 5.98. The minimum Gasteiger partial charge on any atom is -0.486 e. The normalized spacial score (nSPS) is 16.7. The van der Waals surface area contributed by atoms with Crippen LogP contribution in [-0.2, 0) is 0 Å². The van der Waals surface area contributed by atoms with Gasteiger partial charge in [0.15, 0.2) is 11.5 Å². The SMILES string of the molecule is C#CC(C)NCC(O)c1ccc2c(c1)OCCO2. The van der Waals surface area contributed by atoms with Crippen molar-refractivity contribution in [2.45, 2.75) is 19.1 Å². The molecule has 4 heteroatoms. The maximum atomic E-state index is 10.0. The highest BCUT2D eigenvalue weighted by molar-refractivity contribution is 5.44. The largest absolute Gasteiger partial charge is 0.486 e. The molecular weight excluding hydrogens is 230 g/mol. The highest BCUT2D eigenvalue weighted by Crippen LogP contribution is 2.32. The number of rotatable bonds is 4. The second kappa shape index (κ2) is 5.76. The number of hydrogen-bond acceptors (Lipinski definition) is 4. The maximum absolute atomic E-state index is 10.0. The smallest absolute Gasteiger partial charge is 0.161 e. The van der Waals surface area contributed by atoms with E-state index in [1.165, 1.54) is 0 Å². The number of aliphatic hydroxyl groups is 1. The Balaban J connectivity index is 2.02. The lowest BCUT2D eigenvalue weighted by Gasteiger charge is -2.20. The predicted molar refractivity (Wildman–Crippen MR) is 68.7 cm³/mol. The standard InChI is InChI=1S/C14H17NO3/c1-3-10(2)15-9-12(16)11-4-5-13-14(8-11)18-7-6-17-13/h1,4-5,8,10,12,15-16H,6-7,9H2,2H3. The molecule has 0 aliphatic carbocycles. The Hall–Kier alpha value is -1.70. The Kier molecular flexibility index (Phi) is 4.08. The predicted octanol–water partition coefficient (Wildman–Crippen LogP) is 1.10. The second-order valence-electron chi connectivity index (χ2n) is 4.22. The molecule has 0 bridgehead atoms. The average molecular weight is 247 g/mol. The number of benzene rings is 1. The maximum Gasteiger partial charge on any atom is 0.161 e. The Morgan fingerprint density at radius 2 is 2.11 bits per heavy atom. The summed E-state index contributed by atoms with van der Waals surface area (Å²) in [6, 6.07) is 5.40. The molecule has 1 heterocycles. The summed E-state index contributed by atoms with van der Waals surface area (Å²) in [6.45, 7) is 3.39. The van der Waals surface area contributed by atoms with Gasteiger partial charge in [-0.1, -0.05) is 12.0 Å². The monoisotopic (exact) mass is 247 g/mol. The van der Waals surface area contributed by atoms with Crippen LogP contribution in [0.15, 0.2) is 18.2 Å². The highest BCUT2D eigenvalue weighted by atomic mass is 16.6. The highest BCUT2D eigenvalue weighted by Gasteiger charge is 2.15. The molecule has 0 radical (unpaired) electrons. The van der Waals surface area contributed by atoms with Crippen molar-refractivity contribution in [1.29, 1.82) is 0 Å². The van der Waals surface area contributed by atoms with Gasteiger partial charge in [-0.15, -0.1) is 6.42 Å². The summed E-state index contributed by atoms with van der Waals surface area (Å²) in [4.78, 5) is 0. The van der Waals surface area contributed by atoms with Gasteiger partial charge in [-0.25, -0.2) is 0 Å². The molecule has 0 amide bonds. The number of nitrogens with one attached hydrogen (secondary N) is 1. The molecule has 96 valence electrons. The van der Waals surface area contributed by atoms with E-state index in [1.54, 1.807) is 6.07 Å². The number of fused-ring (bicyclic) bond motifs is 1. The Morgan fingerprint density at radius 3 is 2.83 bits per heavy atom. The van der Waals surface area contributed by atoms with Gasteiger partial charge in [0.1, 0.15) is 13.2 Å². The molecule has 0 spiro atoms. The zero-order valence-corrected chi connectivity index (χ0v) is 10.3. The van der Waals surface area contributed by atoms with Gasteiger partial charge >= 0.3 is 0 Å². The summed E-state index contributed by atoms with van der Waals surface area (Å²) in [5, 5.41) is 13.1. The lowest BCUT2D eigenvalue weighted by molar-refractivity contribution is 0.162. The third-order valence-corrected chi connectivity index (χ3v) is 2.82. The van der Waals surface area contributed by atoms with Gasteiger partial charge < -0.3 is 19.9 Å². The molecule has 0 aromatic heterocycles. The Morgan fingerprint density at radius 1 is 1.39 bits per heavy atom. The van der Waals surface area contributed by atoms with Gasteiger partial charge in [-0.2, -0.15) is 0 Å². The molecule has 1 aromatic rings. The average Bonchev–Trinajstić information content (AvgIpc) is 2.43. The zero-order chi connectivity index (χ0) is 13.0. The van der Waals surface area contributed by atoms with Crippen LogP contribution in [0.4, 0.5) is 0 Å². The molecule has 2 unspecified atom stereocenters. The van der Waals surface area contributed by atoms with E-state index < -0.39 is 6.10 Å². The van der Waals surface area contributed by atoms with E-state index >= 15 is 0 Å². The minimum absolute atomic E-state index is 0.0585. The van der Waals surface area contributed by atoms with E-state index in [1.807, 2.05) is 19.1 Å². The second-order valence-corrected chi connectivity index (χ2v) is 4.22. The van der Waals surface area contributed by atoms with Gasteiger partial charge in [0.05, 0.1) is 12.1 Å². The van der Waals surface area contributed by atoms with Crippen LogP contribution < -0.4 is 14.8 Å². The van der Waals surface area contributed by atoms with Crippen molar-refractivity contribution in [2.75, 3.05) is 19.8 Å². The van der Waals surface area contributed by atoms with Crippen molar-refractivity contribution in [1.82, 2.24) is 5.32 Å². The van der Waals surface area contributed by atoms with Crippen LogP contribution in [0.25, 0.3) is 0 Å². The number of aliphatic hydroxyl groups excluding tert-OH is 1. The quantitative estimate of drug-likeness (QED) is 0.782. The van der Waals surface area contributed by atoms with Crippen molar-refractivity contribution in [3.8, 4) is 23.8 Å². The van der Waals surface area contributed by atoms with Crippen molar-refractivity contribution in [3.05, 3.63) is 23.8 Å². The fourth-order valence-electron chi connectivity index (χ4n) is 1.73. The molecule has 0 saturated carbocycles. The first-order chi connectivity index (χ1) is 8.70. The first kappa shape index (κ1) is 12.7. The summed E-state index contributed by atoms with van der Waals surface area (Å²) in [5.74, 6) is 3.96. The van der Waals surface area contributed by atoms with Crippen molar-refractivity contribution >= 4 is 0 Å². The van der Waals surface area contributed by atoms with Crippen molar-refractivity contribution in [3.63, 3.8) is 0 Å². The molecular formula is C14H17NO3. The third-order valence-electron chi connectivity index (χ3n) is 2.82. The molecule has 0 saturated heterocycles. The molecule has 18 heavy (non-hydrogen) atoms. The molecule has 0 fully saturated rings. The summed E-state index contributed by atoms with van der Waals surface area (Å²) in [7, 11) is 0. The molecule has 4 nitrogen and oxygen atoms in total. The third kappa shape index (κ3) is 2.95. The molecule has 2 N–H and O–H groups in total. The molecule has 1 aliphatic rings. The van der Waals surface area contributed by atoms with Crippen LogP contribution in [-0.4, -0.2) is 30.9 Å². The van der Waals surface area contributed by atoms with Crippen LogP contribution in [0.2, 0.25) is 0 Å². The van der Waals surface area contributed by atoms with E-state index in [4.69, 9.17) is 15.9 Å². The van der Waals surface area contributed by atoms with Gasteiger partial charge in [0.25, 0.3) is 0 Å². The minimum atomic E-state index is -0.614. The molecule has 1 aromatic carbocycles.